The van der Waals surface area contributed by atoms with Crippen LogP contribution in [0.25, 0.3) is 11.4 Å². The minimum Gasteiger partial charge on any atom is -0.367 e. The lowest BCUT2D eigenvalue weighted by Crippen LogP contribution is -2.19. The molecule has 3 rings (SSSR count). The van der Waals surface area contributed by atoms with E-state index in [0.29, 0.717) is 12.2 Å². The second-order valence-corrected chi connectivity index (χ2v) is 5.84. The number of nitrogens with one attached hydrogen (secondary N) is 1. The largest absolute Gasteiger partial charge is 0.367 e. The summed E-state index contributed by atoms with van der Waals surface area (Å²) < 4.78 is 13.3. The predicted molar refractivity (Wildman–Crippen MR) is 93.2 cm³/mol. The van der Waals surface area contributed by atoms with Crippen LogP contribution >= 0.6 is 0 Å². The number of anilines is 1. The van der Waals surface area contributed by atoms with Gasteiger partial charge in [0, 0.05) is 35.8 Å². The fourth-order valence-electron chi connectivity index (χ4n) is 2.59. The van der Waals surface area contributed by atoms with Gasteiger partial charge in [0.2, 0.25) is 0 Å². The summed E-state index contributed by atoms with van der Waals surface area (Å²) in [6.07, 6.45) is 4.18. The van der Waals surface area contributed by atoms with Crippen LogP contribution in [0.3, 0.4) is 0 Å². The molecule has 0 spiro atoms. The maximum Gasteiger partial charge on any atom is 0.163 e. The van der Waals surface area contributed by atoms with Gasteiger partial charge in [-0.15, -0.1) is 0 Å². The van der Waals surface area contributed by atoms with Crippen molar-refractivity contribution in [2.24, 2.45) is 0 Å². The van der Waals surface area contributed by atoms with Crippen LogP contribution in [0.2, 0.25) is 0 Å². The van der Waals surface area contributed by atoms with Crippen molar-refractivity contribution in [2.45, 2.75) is 26.3 Å². The smallest absolute Gasteiger partial charge is 0.163 e. The zero-order valence-electron chi connectivity index (χ0n) is 13.7. The number of benzene rings is 1. The Morgan fingerprint density at radius 3 is 2.75 bits per heavy atom. The van der Waals surface area contributed by atoms with Crippen LogP contribution in [0.1, 0.15) is 18.2 Å². The molecule has 4 nitrogen and oxygen atoms in total. The zero-order chi connectivity index (χ0) is 16.9. The monoisotopic (exact) mass is 322 g/mol. The maximum absolute atomic E-state index is 13.3. The van der Waals surface area contributed by atoms with Crippen LogP contribution in [0.15, 0.2) is 54.9 Å². The number of pyridine rings is 1. The fraction of sp³-hybridized carbons (Fsp3) is 0.211. The van der Waals surface area contributed by atoms with Crippen molar-refractivity contribution in [1.82, 2.24) is 15.0 Å². The SMILES string of the molecule is Cc1cc(NC(C)Cc2cccc(F)c2)nc(-c2cccnc2)n1. The van der Waals surface area contributed by atoms with E-state index in [9.17, 15) is 4.39 Å². The lowest BCUT2D eigenvalue weighted by Gasteiger charge is -2.15. The molecule has 0 fully saturated rings. The molecule has 0 aliphatic heterocycles. The number of hydrogen-bond donors (Lipinski definition) is 1. The summed E-state index contributed by atoms with van der Waals surface area (Å²) in [6.45, 7) is 3.98. The van der Waals surface area contributed by atoms with Gasteiger partial charge in [0.15, 0.2) is 5.82 Å². The van der Waals surface area contributed by atoms with Crippen molar-refractivity contribution >= 4 is 5.82 Å². The standard InChI is InChI=1S/C19H19FN4/c1-13(9-15-5-3-7-17(20)11-15)22-18-10-14(2)23-19(24-18)16-6-4-8-21-12-16/h3-8,10-13H,9H2,1-2H3,(H,22,23,24). The highest BCUT2D eigenvalue weighted by Gasteiger charge is 2.09. The number of hydrogen-bond acceptors (Lipinski definition) is 4. The third-order valence-corrected chi connectivity index (χ3v) is 3.60. The third-order valence-electron chi connectivity index (χ3n) is 3.60. The van der Waals surface area contributed by atoms with Crippen LogP contribution in [0, 0.1) is 12.7 Å². The van der Waals surface area contributed by atoms with E-state index in [1.165, 1.54) is 6.07 Å². The van der Waals surface area contributed by atoms with E-state index >= 15 is 0 Å². The lowest BCUT2D eigenvalue weighted by atomic mass is 10.1. The topological polar surface area (TPSA) is 50.7 Å². The second-order valence-electron chi connectivity index (χ2n) is 5.84. The maximum atomic E-state index is 13.3. The highest BCUT2D eigenvalue weighted by Crippen LogP contribution is 2.18. The number of halogens is 1. The Hall–Kier alpha value is -2.82. The molecule has 0 saturated carbocycles. The summed E-state index contributed by atoms with van der Waals surface area (Å²) in [4.78, 5) is 13.1. The van der Waals surface area contributed by atoms with Gasteiger partial charge in [0.1, 0.15) is 11.6 Å². The normalized spacial score (nSPS) is 12.0. The van der Waals surface area contributed by atoms with E-state index in [-0.39, 0.29) is 11.9 Å². The molecule has 3 aromatic rings. The van der Waals surface area contributed by atoms with Gasteiger partial charge in [0.05, 0.1) is 0 Å². The summed E-state index contributed by atoms with van der Waals surface area (Å²) >= 11 is 0. The molecule has 0 radical (unpaired) electrons. The lowest BCUT2D eigenvalue weighted by molar-refractivity contribution is 0.624. The van der Waals surface area contributed by atoms with Crippen molar-refractivity contribution < 1.29 is 4.39 Å². The molecular formula is C19H19FN4. The van der Waals surface area contributed by atoms with Crippen LogP contribution in [0.5, 0.6) is 0 Å². The first-order valence-electron chi connectivity index (χ1n) is 7.87. The number of aromatic nitrogens is 3. The molecule has 1 atom stereocenters. The van der Waals surface area contributed by atoms with E-state index < -0.39 is 0 Å². The average Bonchev–Trinajstić information content (AvgIpc) is 2.55. The molecule has 0 aliphatic carbocycles. The van der Waals surface area contributed by atoms with E-state index in [2.05, 4.69) is 20.3 Å². The van der Waals surface area contributed by atoms with E-state index in [0.717, 1.165) is 22.6 Å². The van der Waals surface area contributed by atoms with Gasteiger partial charge < -0.3 is 5.32 Å². The first-order valence-corrected chi connectivity index (χ1v) is 7.87. The van der Waals surface area contributed by atoms with Crippen molar-refractivity contribution in [1.29, 1.82) is 0 Å². The quantitative estimate of drug-likeness (QED) is 0.770. The van der Waals surface area contributed by atoms with E-state index in [1.807, 2.05) is 38.1 Å². The minimum absolute atomic E-state index is 0.114. The van der Waals surface area contributed by atoms with Gasteiger partial charge >= 0.3 is 0 Å². The number of rotatable bonds is 5. The summed E-state index contributed by atoms with van der Waals surface area (Å²) in [6, 6.07) is 12.5. The highest BCUT2D eigenvalue weighted by atomic mass is 19.1. The fourth-order valence-corrected chi connectivity index (χ4v) is 2.59. The Morgan fingerprint density at radius 1 is 1.12 bits per heavy atom. The zero-order valence-corrected chi connectivity index (χ0v) is 13.7. The Bertz CT molecular complexity index is 821. The highest BCUT2D eigenvalue weighted by molar-refractivity contribution is 5.56. The van der Waals surface area contributed by atoms with Crippen molar-refractivity contribution in [2.75, 3.05) is 5.32 Å². The molecule has 122 valence electrons. The predicted octanol–water partition coefficient (Wildman–Crippen LogP) is 4.03. The number of nitrogens with zero attached hydrogens (tertiary/aromatic N) is 3. The molecule has 5 heteroatoms. The molecule has 1 unspecified atom stereocenters. The Labute approximate surface area is 140 Å². The average molecular weight is 322 g/mol. The van der Waals surface area contributed by atoms with Gasteiger partial charge in [-0.3, -0.25) is 4.98 Å². The van der Waals surface area contributed by atoms with E-state index in [1.54, 1.807) is 24.5 Å². The van der Waals surface area contributed by atoms with Crippen LogP contribution < -0.4 is 5.32 Å². The molecule has 2 aromatic heterocycles. The molecular weight excluding hydrogens is 303 g/mol. The summed E-state index contributed by atoms with van der Waals surface area (Å²) in [7, 11) is 0. The van der Waals surface area contributed by atoms with Crippen LogP contribution in [-0.2, 0) is 6.42 Å². The van der Waals surface area contributed by atoms with Crippen molar-refractivity contribution in [3.63, 3.8) is 0 Å². The minimum atomic E-state index is -0.212. The second kappa shape index (κ2) is 7.17. The van der Waals surface area contributed by atoms with Crippen molar-refractivity contribution in [3.05, 3.63) is 71.9 Å². The van der Waals surface area contributed by atoms with Crippen LogP contribution in [0.4, 0.5) is 10.2 Å². The molecule has 1 N–H and O–H groups in total. The molecule has 0 aliphatic rings. The molecule has 24 heavy (non-hydrogen) atoms. The summed E-state index contributed by atoms with van der Waals surface area (Å²) in [5.74, 6) is 1.19. The van der Waals surface area contributed by atoms with Gasteiger partial charge in [-0.05, 0) is 50.1 Å². The summed E-state index contributed by atoms with van der Waals surface area (Å²) in [5, 5.41) is 3.37. The van der Waals surface area contributed by atoms with Crippen molar-refractivity contribution in [3.8, 4) is 11.4 Å². The van der Waals surface area contributed by atoms with E-state index in [4.69, 9.17) is 0 Å². The number of aryl methyl sites for hydroxylation is 1. The van der Waals surface area contributed by atoms with Gasteiger partial charge in [-0.1, -0.05) is 12.1 Å². The van der Waals surface area contributed by atoms with Crippen LogP contribution in [-0.4, -0.2) is 21.0 Å². The first-order chi connectivity index (χ1) is 11.6. The molecule has 1 aromatic carbocycles. The molecule has 0 amide bonds. The Balaban J connectivity index is 1.76. The molecule has 2 heterocycles. The summed E-state index contributed by atoms with van der Waals surface area (Å²) in [5.41, 5.74) is 2.71. The first kappa shape index (κ1) is 16.1. The third kappa shape index (κ3) is 4.13. The van der Waals surface area contributed by atoms with Gasteiger partial charge in [-0.25, -0.2) is 14.4 Å². The Kier molecular flexibility index (Phi) is 4.79. The molecule has 0 saturated heterocycles. The van der Waals surface area contributed by atoms with Gasteiger partial charge in [-0.2, -0.15) is 0 Å². The Morgan fingerprint density at radius 2 is 2.00 bits per heavy atom. The van der Waals surface area contributed by atoms with Gasteiger partial charge in [0.25, 0.3) is 0 Å². The molecule has 0 bridgehead atoms.